The number of aromatic hydroxyl groups is 1. The van der Waals surface area contributed by atoms with Crippen LogP contribution in [-0.2, 0) is 0 Å². The molecule has 2 atom stereocenters. The quantitative estimate of drug-likeness (QED) is 0.386. The van der Waals surface area contributed by atoms with Crippen LogP contribution in [0.4, 0.5) is 0 Å². The minimum Gasteiger partial charge on any atom is -0.508 e. The van der Waals surface area contributed by atoms with E-state index in [1.165, 1.54) is 0 Å². The van der Waals surface area contributed by atoms with E-state index in [2.05, 4.69) is 26.6 Å². The van der Waals surface area contributed by atoms with Gasteiger partial charge in [-0.05, 0) is 54.6 Å². The largest absolute Gasteiger partial charge is 0.508 e. The Labute approximate surface area is 197 Å². The Morgan fingerprint density at radius 1 is 0.935 bits per heavy atom. The van der Waals surface area contributed by atoms with Crippen LogP contribution < -0.4 is 20.1 Å². The second kappa shape index (κ2) is 8.28. The first kappa shape index (κ1) is 20.5. The van der Waals surface area contributed by atoms with Crippen molar-refractivity contribution in [3.8, 4) is 17.2 Å². The third-order valence-electron chi connectivity index (χ3n) is 5.26. The van der Waals surface area contributed by atoms with Crippen molar-refractivity contribution < 1.29 is 14.6 Å². The summed E-state index contributed by atoms with van der Waals surface area (Å²) in [6.45, 7) is 0.213. The third kappa shape index (κ3) is 4.08. The molecule has 2 aliphatic rings. The SMILES string of the molecule is Oc1ccc(Br)cc1C1C=C(c2ccc3c(c2)OCO3)NC(c2ccc(Cl)cc2Cl)N1. The van der Waals surface area contributed by atoms with Crippen molar-refractivity contribution in [1.82, 2.24) is 10.6 Å². The van der Waals surface area contributed by atoms with Gasteiger partial charge in [0.25, 0.3) is 0 Å². The van der Waals surface area contributed by atoms with Gasteiger partial charge in [0.1, 0.15) is 11.9 Å². The van der Waals surface area contributed by atoms with E-state index < -0.39 is 0 Å². The lowest BCUT2D eigenvalue weighted by molar-refractivity contribution is 0.174. The van der Waals surface area contributed by atoms with Gasteiger partial charge < -0.3 is 19.9 Å². The van der Waals surface area contributed by atoms with Gasteiger partial charge in [-0.15, -0.1) is 0 Å². The molecule has 0 aliphatic carbocycles. The Balaban J connectivity index is 1.59. The van der Waals surface area contributed by atoms with Crippen molar-refractivity contribution in [2.24, 2.45) is 0 Å². The van der Waals surface area contributed by atoms with Crippen LogP contribution in [0, 0.1) is 0 Å². The van der Waals surface area contributed by atoms with Crippen molar-refractivity contribution in [3.05, 3.63) is 91.9 Å². The molecule has 3 aromatic carbocycles. The number of nitrogens with one attached hydrogen (secondary N) is 2. The predicted molar refractivity (Wildman–Crippen MR) is 125 cm³/mol. The number of hydrogen-bond acceptors (Lipinski definition) is 5. The zero-order valence-corrected chi connectivity index (χ0v) is 19.1. The molecule has 0 saturated carbocycles. The maximum absolute atomic E-state index is 10.5. The fraction of sp³-hybridized carbons (Fsp3) is 0.130. The molecule has 2 aliphatic heterocycles. The minimum atomic E-state index is -0.321. The molecule has 8 heteroatoms. The van der Waals surface area contributed by atoms with Crippen LogP contribution in [0.25, 0.3) is 5.70 Å². The molecule has 2 unspecified atom stereocenters. The summed E-state index contributed by atoms with van der Waals surface area (Å²) in [4.78, 5) is 0. The van der Waals surface area contributed by atoms with Crippen molar-refractivity contribution >= 4 is 44.8 Å². The first-order chi connectivity index (χ1) is 15.0. The standard InChI is InChI=1S/C23H17BrCl2N2O3/c24-13-2-5-20(29)16(8-13)19-10-18(12-1-6-21-22(7-12)31-11-30-21)27-23(28-19)15-4-3-14(25)9-17(15)26/h1-10,19,23,27-29H,11H2. The fourth-order valence-corrected chi connectivity index (χ4v) is 4.64. The van der Waals surface area contributed by atoms with E-state index in [0.717, 1.165) is 32.6 Å². The lowest BCUT2D eigenvalue weighted by atomic mass is 9.97. The summed E-state index contributed by atoms with van der Waals surface area (Å²) in [6, 6.07) is 16.3. The zero-order valence-electron chi connectivity index (χ0n) is 16.0. The minimum absolute atomic E-state index is 0.199. The van der Waals surface area contributed by atoms with Gasteiger partial charge in [-0.2, -0.15) is 0 Å². The van der Waals surface area contributed by atoms with E-state index in [4.69, 9.17) is 32.7 Å². The average molecular weight is 520 g/mol. The summed E-state index contributed by atoms with van der Waals surface area (Å²) in [5.41, 5.74) is 3.39. The number of phenolic OH excluding ortho intramolecular Hbond substituents is 1. The van der Waals surface area contributed by atoms with E-state index in [9.17, 15) is 5.11 Å². The molecule has 31 heavy (non-hydrogen) atoms. The molecule has 5 rings (SSSR count). The molecular formula is C23H17BrCl2N2O3. The molecule has 0 amide bonds. The topological polar surface area (TPSA) is 62.8 Å². The van der Waals surface area contributed by atoms with Crippen LogP contribution in [0.2, 0.25) is 10.0 Å². The van der Waals surface area contributed by atoms with E-state index in [-0.39, 0.29) is 24.8 Å². The van der Waals surface area contributed by atoms with Gasteiger partial charge in [0.05, 0.1) is 6.04 Å². The van der Waals surface area contributed by atoms with E-state index in [1.54, 1.807) is 24.3 Å². The lowest BCUT2D eigenvalue weighted by Gasteiger charge is -2.34. The highest BCUT2D eigenvalue weighted by molar-refractivity contribution is 9.10. The second-order valence-electron chi connectivity index (χ2n) is 7.24. The van der Waals surface area contributed by atoms with Crippen LogP contribution >= 0.6 is 39.1 Å². The highest BCUT2D eigenvalue weighted by Crippen LogP contribution is 2.39. The molecule has 0 fully saturated rings. The molecule has 0 saturated heterocycles. The van der Waals surface area contributed by atoms with Crippen LogP contribution in [0.1, 0.15) is 28.9 Å². The Bertz CT molecular complexity index is 1200. The Morgan fingerprint density at radius 3 is 2.61 bits per heavy atom. The van der Waals surface area contributed by atoms with Crippen molar-refractivity contribution in [2.45, 2.75) is 12.2 Å². The van der Waals surface area contributed by atoms with E-state index in [0.29, 0.717) is 15.8 Å². The molecule has 0 radical (unpaired) electrons. The van der Waals surface area contributed by atoms with Gasteiger partial charge >= 0.3 is 0 Å². The Morgan fingerprint density at radius 2 is 1.77 bits per heavy atom. The first-order valence-corrected chi connectivity index (χ1v) is 11.1. The number of fused-ring (bicyclic) bond motifs is 1. The van der Waals surface area contributed by atoms with Gasteiger partial charge in [0.15, 0.2) is 11.5 Å². The van der Waals surface area contributed by atoms with Gasteiger partial charge in [0.2, 0.25) is 6.79 Å². The molecule has 0 bridgehead atoms. The molecule has 2 heterocycles. The zero-order chi connectivity index (χ0) is 21.5. The Hall–Kier alpha value is -2.38. The molecule has 3 N–H and O–H groups in total. The molecule has 0 spiro atoms. The summed E-state index contributed by atoms with van der Waals surface area (Å²) < 4.78 is 11.9. The van der Waals surface area contributed by atoms with Crippen molar-refractivity contribution in [2.75, 3.05) is 6.79 Å². The number of rotatable bonds is 3. The second-order valence-corrected chi connectivity index (χ2v) is 9.00. The number of halogens is 3. The molecule has 158 valence electrons. The maximum atomic E-state index is 10.5. The number of benzene rings is 3. The summed E-state index contributed by atoms with van der Waals surface area (Å²) in [6.07, 6.45) is 1.71. The summed E-state index contributed by atoms with van der Waals surface area (Å²) >= 11 is 16.1. The first-order valence-electron chi connectivity index (χ1n) is 9.56. The van der Waals surface area contributed by atoms with Crippen molar-refractivity contribution in [1.29, 1.82) is 0 Å². The summed E-state index contributed by atoms with van der Waals surface area (Å²) in [7, 11) is 0. The summed E-state index contributed by atoms with van der Waals surface area (Å²) in [5.74, 6) is 1.61. The summed E-state index contributed by atoms with van der Waals surface area (Å²) in [5, 5.41) is 18.7. The Kier molecular flexibility index (Phi) is 5.48. The maximum Gasteiger partial charge on any atom is 0.231 e. The molecule has 0 aromatic heterocycles. The van der Waals surface area contributed by atoms with Crippen molar-refractivity contribution in [3.63, 3.8) is 0 Å². The molecule has 5 nitrogen and oxygen atoms in total. The van der Waals surface area contributed by atoms with Gasteiger partial charge in [-0.25, -0.2) is 0 Å². The van der Waals surface area contributed by atoms with Crippen LogP contribution in [0.3, 0.4) is 0 Å². The van der Waals surface area contributed by atoms with E-state index >= 15 is 0 Å². The highest BCUT2D eigenvalue weighted by atomic mass is 79.9. The van der Waals surface area contributed by atoms with Crippen LogP contribution in [-0.4, -0.2) is 11.9 Å². The van der Waals surface area contributed by atoms with Crippen LogP contribution in [0.5, 0.6) is 17.2 Å². The smallest absolute Gasteiger partial charge is 0.231 e. The van der Waals surface area contributed by atoms with E-state index in [1.807, 2.05) is 36.4 Å². The lowest BCUT2D eigenvalue weighted by Crippen LogP contribution is -2.39. The highest BCUT2D eigenvalue weighted by Gasteiger charge is 2.28. The molecule has 3 aromatic rings. The normalized spacial score (nSPS) is 19.6. The number of hydrogen-bond donors (Lipinski definition) is 3. The monoisotopic (exact) mass is 518 g/mol. The third-order valence-corrected chi connectivity index (χ3v) is 6.32. The predicted octanol–water partition coefficient (Wildman–Crippen LogP) is 6.16. The average Bonchev–Trinajstić information content (AvgIpc) is 3.23. The number of phenols is 1. The number of ether oxygens (including phenoxy) is 2. The van der Waals surface area contributed by atoms with Gasteiger partial charge in [-0.1, -0.05) is 45.2 Å². The fourth-order valence-electron chi connectivity index (χ4n) is 3.74. The van der Waals surface area contributed by atoms with Crippen LogP contribution in [0.15, 0.2) is 65.1 Å². The van der Waals surface area contributed by atoms with Gasteiger partial charge in [-0.3, -0.25) is 5.32 Å². The molecular weight excluding hydrogens is 503 g/mol. The van der Waals surface area contributed by atoms with Gasteiger partial charge in [0, 0.05) is 36.9 Å².